The molecule has 0 amide bonds. The zero-order valence-electron chi connectivity index (χ0n) is 13.2. The fourth-order valence-corrected chi connectivity index (χ4v) is 0. The molecule has 0 aliphatic carbocycles. The van der Waals surface area contributed by atoms with E-state index in [0.29, 0.717) is 0 Å². The van der Waals surface area contributed by atoms with E-state index in [1.807, 2.05) is 27.6 Å². The topological polar surface area (TPSA) is 118 Å². The van der Waals surface area contributed by atoms with E-state index in [0.717, 1.165) is 0 Å². The van der Waals surface area contributed by atoms with Crippen LogP contribution in [-0.2, 0) is 14.4 Å². The largest absolute Gasteiger partial charge is 0.412 e. The number of carbonyl (C=O) groups is 1. The number of allylic oxidation sites excluding steroid dienone is 1. The fourth-order valence-electron chi connectivity index (χ4n) is 0. The molecule has 5 heteroatoms. The summed E-state index contributed by atoms with van der Waals surface area (Å²) in [7, 11) is 0. The summed E-state index contributed by atoms with van der Waals surface area (Å²) in [5.41, 5.74) is 0. The summed E-state index contributed by atoms with van der Waals surface area (Å²) in [4.78, 5) is 24.2. The third kappa shape index (κ3) is 911. The van der Waals surface area contributed by atoms with Crippen LogP contribution in [0.5, 0.6) is 0 Å². The van der Waals surface area contributed by atoms with Crippen molar-refractivity contribution in [2.24, 2.45) is 0 Å². The van der Waals surface area contributed by atoms with Crippen LogP contribution in [0.1, 0.15) is 48.5 Å². The lowest BCUT2D eigenvalue weighted by atomic mass is 10.6. The van der Waals surface area contributed by atoms with Crippen molar-refractivity contribution in [3.05, 3.63) is 25.8 Å². The van der Waals surface area contributed by atoms with Crippen molar-refractivity contribution < 1.29 is 19.9 Å². The lowest BCUT2D eigenvalue weighted by Gasteiger charge is -1.48. The molecule has 20 heavy (non-hydrogen) atoms. The van der Waals surface area contributed by atoms with Gasteiger partial charge in [0.1, 0.15) is 6.79 Å². The van der Waals surface area contributed by atoms with Crippen LogP contribution in [0.25, 0.3) is 0 Å². The molecular weight excluding hydrogens is 258 g/mol. The molecule has 0 saturated heterocycles. The van der Waals surface area contributed by atoms with Gasteiger partial charge in [-0.1, -0.05) is 47.6 Å². The van der Waals surface area contributed by atoms with E-state index < -0.39 is 0 Å². The van der Waals surface area contributed by atoms with Crippen LogP contribution < -0.4 is 6.15 Å². The third-order valence-corrected chi connectivity index (χ3v) is 0. The average Bonchev–Trinajstić information content (AvgIpc) is 2.41. The number of hydrogen-bond acceptors (Lipinski definition) is 4. The maximum absolute atomic E-state index is 8.12. The van der Waals surface area contributed by atoms with Crippen LogP contribution in [0.3, 0.4) is 0 Å². The Morgan fingerprint density at radius 2 is 1.05 bits per heavy atom. The Labute approximate surface area is 127 Å². The third-order valence-electron chi connectivity index (χ3n) is 0. The van der Waals surface area contributed by atoms with Crippen molar-refractivity contribution in [1.82, 2.24) is 6.15 Å². The molecule has 126 valence electrons. The second-order valence-electron chi connectivity index (χ2n) is 1.20. The smallest absolute Gasteiger partial charge is 0.373 e. The van der Waals surface area contributed by atoms with Crippen LogP contribution in [0.4, 0.5) is 0 Å². The lowest BCUT2D eigenvalue weighted by molar-refractivity contribution is -0.191. The maximum atomic E-state index is 8.12. The van der Waals surface area contributed by atoms with Gasteiger partial charge in [0.2, 0.25) is 0 Å². The van der Waals surface area contributed by atoms with Gasteiger partial charge in [-0.3, -0.25) is 0 Å². The van der Waals surface area contributed by atoms with Gasteiger partial charge in [-0.25, -0.2) is 0 Å². The first-order chi connectivity index (χ1) is 8.24. The molecule has 0 bridgehead atoms. The SMILES string of the molecule is C.C#C.C=C.C=CC.C=O.CC.CCC.N.O.O=C=O. The van der Waals surface area contributed by atoms with Crippen LogP contribution >= 0.6 is 0 Å². The highest BCUT2D eigenvalue weighted by molar-refractivity contribution is 5.20. The normalized spacial score (nSPS) is 2.75. The van der Waals surface area contributed by atoms with Crippen LogP contribution in [0.15, 0.2) is 25.8 Å². The van der Waals surface area contributed by atoms with E-state index in [-0.39, 0.29) is 25.2 Å². The zero-order chi connectivity index (χ0) is 16.1. The Balaban J connectivity index is -0.00000000719. The Morgan fingerprint density at radius 3 is 1.05 bits per heavy atom. The molecule has 0 atom stereocenters. The van der Waals surface area contributed by atoms with Crippen molar-refractivity contribution in [2.75, 3.05) is 0 Å². The molecule has 5 N–H and O–H groups in total. The predicted molar refractivity (Wildman–Crippen MR) is 91.8 cm³/mol. The summed E-state index contributed by atoms with van der Waals surface area (Å²) in [6.07, 6.45) is 11.2. The van der Waals surface area contributed by atoms with E-state index in [4.69, 9.17) is 14.4 Å². The van der Waals surface area contributed by atoms with Crippen LogP contribution in [-0.4, -0.2) is 18.4 Å². The molecule has 0 aromatic carbocycles. The summed E-state index contributed by atoms with van der Waals surface area (Å²) < 4.78 is 0. The van der Waals surface area contributed by atoms with E-state index in [1.165, 1.54) is 6.42 Å². The highest BCUT2D eigenvalue weighted by atomic mass is 16.2. The van der Waals surface area contributed by atoms with E-state index in [9.17, 15) is 0 Å². The number of carbonyl (C=O) groups excluding carboxylic acids is 3. The summed E-state index contributed by atoms with van der Waals surface area (Å²) >= 11 is 0. The first-order valence-corrected chi connectivity index (χ1v) is 4.93. The highest BCUT2D eigenvalue weighted by Gasteiger charge is 1.35. The standard InChI is InChI=1S/C3H8.C3H6.C2H6.C2H4.C2H2.CO2.CH2O.CH4.H3N.H2O/c2*1-3-2;3*1-2;2-1-3;1-2;;;/h3H2,1-2H3;3H,1H2,2H3;1-2H3;1-2H2;1-2H;;1H2;1H4;1H3;1H2. The van der Waals surface area contributed by atoms with Crippen molar-refractivity contribution in [2.45, 2.75) is 48.5 Å². The quantitative estimate of drug-likeness (QED) is 0.538. The molecule has 0 saturated carbocycles. The lowest BCUT2D eigenvalue weighted by Crippen LogP contribution is -1.27. The van der Waals surface area contributed by atoms with Crippen molar-refractivity contribution in [3.8, 4) is 12.8 Å². The van der Waals surface area contributed by atoms with Gasteiger partial charge in [-0.05, 0) is 6.92 Å². The Kier molecular flexibility index (Phi) is 17400. The molecule has 0 spiro atoms. The number of terminal acetylenes is 1. The monoisotopic (exact) mass is 295 g/mol. The second-order valence-corrected chi connectivity index (χ2v) is 1.20. The summed E-state index contributed by atoms with van der Waals surface area (Å²) in [5, 5.41) is 0. The number of rotatable bonds is 0. The van der Waals surface area contributed by atoms with Gasteiger partial charge in [-0.2, -0.15) is 9.59 Å². The van der Waals surface area contributed by atoms with Gasteiger partial charge in [0.05, 0.1) is 0 Å². The molecular formula is C15H37NO4. The van der Waals surface area contributed by atoms with Gasteiger partial charge < -0.3 is 16.4 Å². The second kappa shape index (κ2) is 4270. The molecule has 0 aliphatic rings. The minimum absolute atomic E-state index is 0. The molecule has 0 aromatic heterocycles. The maximum Gasteiger partial charge on any atom is 0.373 e. The zero-order valence-corrected chi connectivity index (χ0v) is 13.2. The van der Waals surface area contributed by atoms with E-state index in [2.05, 4.69) is 46.4 Å². The van der Waals surface area contributed by atoms with Gasteiger partial charge in [0.25, 0.3) is 0 Å². The molecule has 5 nitrogen and oxygen atoms in total. The first kappa shape index (κ1) is 81.2. The minimum atomic E-state index is 0. The molecule has 0 fully saturated rings. The van der Waals surface area contributed by atoms with Gasteiger partial charge in [0, 0.05) is 0 Å². The van der Waals surface area contributed by atoms with Gasteiger partial charge in [0.15, 0.2) is 0 Å². The average molecular weight is 295 g/mol. The predicted octanol–water partition coefficient (Wildman–Crippen LogP) is 3.89. The van der Waals surface area contributed by atoms with Gasteiger partial charge >= 0.3 is 6.15 Å². The molecule has 0 heterocycles. The molecule has 0 radical (unpaired) electrons. The first-order valence-electron chi connectivity index (χ1n) is 4.93. The van der Waals surface area contributed by atoms with Crippen molar-refractivity contribution in [3.63, 3.8) is 0 Å². The van der Waals surface area contributed by atoms with Crippen LogP contribution in [0, 0.1) is 12.8 Å². The summed E-state index contributed by atoms with van der Waals surface area (Å²) in [6.45, 7) is 21.5. The van der Waals surface area contributed by atoms with Crippen LogP contribution in [0.2, 0.25) is 0 Å². The van der Waals surface area contributed by atoms with Crippen molar-refractivity contribution in [1.29, 1.82) is 0 Å². The minimum Gasteiger partial charge on any atom is -0.412 e. The number of hydrogen-bond donors (Lipinski definition) is 1. The van der Waals surface area contributed by atoms with Gasteiger partial charge in [-0.15, -0.1) is 32.6 Å². The van der Waals surface area contributed by atoms with Crippen molar-refractivity contribution >= 4 is 12.9 Å². The Bertz CT molecular complexity index is 118. The molecule has 0 aliphatic heterocycles. The molecule has 0 unspecified atom stereocenters. The van der Waals surface area contributed by atoms with E-state index >= 15 is 0 Å². The highest BCUT2D eigenvalue weighted by Crippen LogP contribution is 1.56. The summed E-state index contributed by atoms with van der Waals surface area (Å²) in [6, 6.07) is 0. The molecule has 0 rings (SSSR count). The summed E-state index contributed by atoms with van der Waals surface area (Å²) in [5.74, 6) is 0. The Hall–Kier alpha value is -1.99. The Morgan fingerprint density at radius 1 is 1.05 bits per heavy atom. The van der Waals surface area contributed by atoms with E-state index in [1.54, 1.807) is 6.08 Å². The molecule has 0 aromatic rings. The fraction of sp³-hybridized carbons (Fsp3) is 0.467.